The zero-order chi connectivity index (χ0) is 14.0. The van der Waals surface area contributed by atoms with Crippen LogP contribution in [0.5, 0.6) is 0 Å². The Kier molecular flexibility index (Phi) is 3.81. The van der Waals surface area contributed by atoms with E-state index in [1.807, 2.05) is 6.92 Å². The molecule has 3 N–H and O–H groups in total. The number of nitrogens with one attached hydrogen (secondary N) is 1. The van der Waals surface area contributed by atoms with Gasteiger partial charge < -0.3 is 5.73 Å². The summed E-state index contributed by atoms with van der Waals surface area (Å²) < 4.78 is 29.0. The number of nitrogen functional groups attached to an aromatic ring is 1. The quantitative estimate of drug-likeness (QED) is 0.830. The second kappa shape index (κ2) is 5.22. The highest BCUT2D eigenvalue weighted by Crippen LogP contribution is 2.24. The zero-order valence-electron chi connectivity index (χ0n) is 10.2. The van der Waals surface area contributed by atoms with Gasteiger partial charge >= 0.3 is 0 Å². The van der Waals surface area contributed by atoms with E-state index < -0.39 is 10.0 Å². The third kappa shape index (κ3) is 3.07. The van der Waals surface area contributed by atoms with Crippen molar-refractivity contribution in [1.29, 1.82) is 0 Å². The van der Waals surface area contributed by atoms with Gasteiger partial charge in [0.2, 0.25) is 0 Å². The first-order valence-corrected chi connectivity index (χ1v) is 7.80. The number of hydrogen-bond donors (Lipinski definition) is 2. The van der Waals surface area contributed by atoms with E-state index in [1.54, 1.807) is 16.9 Å². The van der Waals surface area contributed by atoms with Gasteiger partial charge in [-0.15, -0.1) is 0 Å². The van der Waals surface area contributed by atoms with E-state index >= 15 is 0 Å². The van der Waals surface area contributed by atoms with Gasteiger partial charge in [0.05, 0.1) is 16.8 Å². The number of hydrogen-bond acceptors (Lipinski definition) is 4. The highest BCUT2D eigenvalue weighted by Gasteiger charge is 2.16. The Bertz CT molecular complexity index is 696. The summed E-state index contributed by atoms with van der Waals surface area (Å²) in [7, 11) is -3.65. The second-order valence-electron chi connectivity index (χ2n) is 3.87. The number of nitrogens with two attached hydrogens (primary N) is 1. The van der Waals surface area contributed by atoms with Crippen LogP contribution >= 0.6 is 15.9 Å². The van der Waals surface area contributed by atoms with Crippen molar-refractivity contribution in [2.24, 2.45) is 0 Å². The van der Waals surface area contributed by atoms with E-state index in [2.05, 4.69) is 25.8 Å². The molecule has 0 saturated carbocycles. The van der Waals surface area contributed by atoms with Gasteiger partial charge in [-0.3, -0.25) is 9.40 Å². The third-order valence-corrected chi connectivity index (χ3v) is 4.59. The molecule has 1 aromatic heterocycles. The van der Waals surface area contributed by atoms with Gasteiger partial charge in [-0.1, -0.05) is 0 Å². The molecule has 0 radical (unpaired) electrons. The average Bonchev–Trinajstić information content (AvgIpc) is 2.79. The lowest BCUT2D eigenvalue weighted by Gasteiger charge is -2.07. The topological polar surface area (TPSA) is 90.0 Å². The molecule has 0 unspecified atom stereocenters. The van der Waals surface area contributed by atoms with Crippen LogP contribution in [0.15, 0.2) is 40.0 Å². The van der Waals surface area contributed by atoms with Crippen molar-refractivity contribution in [2.75, 3.05) is 10.5 Å². The predicted molar refractivity (Wildman–Crippen MR) is 77.3 cm³/mol. The van der Waals surface area contributed by atoms with E-state index in [1.165, 1.54) is 18.3 Å². The lowest BCUT2D eigenvalue weighted by molar-refractivity contribution is 0.601. The van der Waals surface area contributed by atoms with Crippen molar-refractivity contribution in [2.45, 2.75) is 18.4 Å². The zero-order valence-corrected chi connectivity index (χ0v) is 12.6. The van der Waals surface area contributed by atoms with E-state index in [0.717, 1.165) is 0 Å². The molecule has 0 bridgehead atoms. The number of anilines is 2. The minimum Gasteiger partial charge on any atom is -0.398 e. The van der Waals surface area contributed by atoms with Crippen LogP contribution in [0.4, 0.5) is 11.4 Å². The monoisotopic (exact) mass is 344 g/mol. The number of benzene rings is 1. The molecule has 2 aromatic rings. The summed E-state index contributed by atoms with van der Waals surface area (Å²) in [5, 5.41) is 4.00. The van der Waals surface area contributed by atoms with E-state index in [9.17, 15) is 8.42 Å². The fourth-order valence-corrected chi connectivity index (χ4v) is 2.80. The SMILES string of the molecule is CCn1cc(NS(=O)(=O)c2ccc(Br)c(N)c2)cn1. The van der Waals surface area contributed by atoms with E-state index in [4.69, 9.17) is 5.73 Å². The molecule has 0 spiro atoms. The number of aryl methyl sites for hydroxylation is 1. The van der Waals surface area contributed by atoms with Crippen LogP contribution in [-0.4, -0.2) is 18.2 Å². The van der Waals surface area contributed by atoms with Crippen molar-refractivity contribution in [3.05, 3.63) is 35.1 Å². The molecule has 8 heteroatoms. The van der Waals surface area contributed by atoms with Crippen LogP contribution in [0, 0.1) is 0 Å². The smallest absolute Gasteiger partial charge is 0.262 e. The lowest BCUT2D eigenvalue weighted by Crippen LogP contribution is -2.12. The summed E-state index contributed by atoms with van der Waals surface area (Å²) in [6.07, 6.45) is 3.09. The largest absolute Gasteiger partial charge is 0.398 e. The Balaban J connectivity index is 2.29. The fraction of sp³-hybridized carbons (Fsp3) is 0.182. The van der Waals surface area contributed by atoms with Crippen molar-refractivity contribution in [3.8, 4) is 0 Å². The number of halogens is 1. The Morgan fingerprint density at radius 2 is 2.21 bits per heavy atom. The van der Waals surface area contributed by atoms with Crippen molar-refractivity contribution >= 4 is 37.3 Å². The summed E-state index contributed by atoms with van der Waals surface area (Å²) in [5.74, 6) is 0. The Morgan fingerprint density at radius 3 is 2.79 bits per heavy atom. The van der Waals surface area contributed by atoms with Gasteiger partial charge in [-0.25, -0.2) is 8.42 Å². The Hall–Kier alpha value is -1.54. The molecule has 2 rings (SSSR count). The minimum atomic E-state index is -3.65. The molecule has 1 heterocycles. The van der Waals surface area contributed by atoms with Gasteiger partial charge in [-0.05, 0) is 41.1 Å². The van der Waals surface area contributed by atoms with Crippen LogP contribution < -0.4 is 10.5 Å². The molecule has 0 aliphatic rings. The maximum Gasteiger partial charge on any atom is 0.262 e. The summed E-state index contributed by atoms with van der Waals surface area (Å²) in [5.41, 5.74) is 6.47. The number of sulfonamides is 1. The van der Waals surface area contributed by atoms with E-state index in [0.29, 0.717) is 22.4 Å². The normalized spacial score (nSPS) is 11.5. The summed E-state index contributed by atoms with van der Waals surface area (Å²) in [6.45, 7) is 2.59. The highest BCUT2D eigenvalue weighted by molar-refractivity contribution is 9.10. The average molecular weight is 345 g/mol. The van der Waals surface area contributed by atoms with Crippen LogP contribution in [0.2, 0.25) is 0 Å². The maximum absolute atomic E-state index is 12.1. The standard InChI is InChI=1S/C11H13BrN4O2S/c1-2-16-7-8(6-14-16)15-19(17,18)9-3-4-10(12)11(13)5-9/h3-7,15H,2,13H2,1H3. The van der Waals surface area contributed by atoms with E-state index in [-0.39, 0.29) is 4.90 Å². The number of rotatable bonds is 4. The highest BCUT2D eigenvalue weighted by atomic mass is 79.9. The maximum atomic E-state index is 12.1. The number of nitrogens with zero attached hydrogens (tertiary/aromatic N) is 2. The summed E-state index contributed by atoms with van der Waals surface area (Å²) >= 11 is 3.22. The lowest BCUT2D eigenvalue weighted by atomic mass is 10.3. The van der Waals surface area contributed by atoms with Gasteiger partial charge in [0, 0.05) is 22.9 Å². The van der Waals surface area contributed by atoms with Crippen molar-refractivity contribution < 1.29 is 8.42 Å². The third-order valence-electron chi connectivity index (χ3n) is 2.49. The van der Waals surface area contributed by atoms with Crippen molar-refractivity contribution in [1.82, 2.24) is 9.78 Å². The van der Waals surface area contributed by atoms with Gasteiger partial charge in [-0.2, -0.15) is 5.10 Å². The molecule has 1 aromatic carbocycles. The van der Waals surface area contributed by atoms with Crippen LogP contribution in [-0.2, 0) is 16.6 Å². The van der Waals surface area contributed by atoms with Gasteiger partial charge in [0.25, 0.3) is 10.0 Å². The molecule has 0 fully saturated rings. The molecule has 0 aliphatic heterocycles. The molecule has 0 aliphatic carbocycles. The predicted octanol–water partition coefficient (Wildman–Crippen LogP) is 2.05. The van der Waals surface area contributed by atoms with Crippen LogP contribution in [0.3, 0.4) is 0 Å². The fourth-order valence-electron chi connectivity index (χ4n) is 1.49. The number of aromatic nitrogens is 2. The van der Waals surface area contributed by atoms with Gasteiger partial charge in [0.1, 0.15) is 0 Å². The molecular weight excluding hydrogens is 332 g/mol. The summed E-state index contributed by atoms with van der Waals surface area (Å²) in [6, 6.07) is 4.48. The second-order valence-corrected chi connectivity index (χ2v) is 6.41. The molecule has 102 valence electrons. The van der Waals surface area contributed by atoms with Crippen LogP contribution in [0.1, 0.15) is 6.92 Å². The molecule has 0 atom stereocenters. The van der Waals surface area contributed by atoms with Gasteiger partial charge in [0.15, 0.2) is 0 Å². The first-order valence-electron chi connectivity index (χ1n) is 5.52. The first kappa shape index (κ1) is 13.9. The Labute approximate surface area is 119 Å². The minimum absolute atomic E-state index is 0.109. The molecule has 0 amide bonds. The van der Waals surface area contributed by atoms with Crippen molar-refractivity contribution in [3.63, 3.8) is 0 Å². The van der Waals surface area contributed by atoms with Crippen LogP contribution in [0.25, 0.3) is 0 Å². The molecule has 19 heavy (non-hydrogen) atoms. The molecule has 0 saturated heterocycles. The Morgan fingerprint density at radius 1 is 1.47 bits per heavy atom. The molecular formula is C11H13BrN4O2S. The molecule has 6 nitrogen and oxygen atoms in total. The summed E-state index contributed by atoms with van der Waals surface area (Å²) in [4.78, 5) is 0.109. The first-order chi connectivity index (χ1) is 8.92.